The van der Waals surface area contributed by atoms with Gasteiger partial charge in [0.1, 0.15) is 13.2 Å². The van der Waals surface area contributed by atoms with Gasteiger partial charge in [-0.1, -0.05) is 263 Å². The van der Waals surface area contributed by atoms with Crippen molar-refractivity contribution < 1.29 is 28.6 Å². The van der Waals surface area contributed by atoms with Crippen molar-refractivity contribution in [2.75, 3.05) is 13.2 Å². The van der Waals surface area contributed by atoms with Gasteiger partial charge in [-0.2, -0.15) is 0 Å². The Labute approximate surface area is 442 Å². The summed E-state index contributed by atoms with van der Waals surface area (Å²) in [5.74, 6) is -0.870. The van der Waals surface area contributed by atoms with Crippen LogP contribution in [-0.2, 0) is 28.6 Å². The van der Waals surface area contributed by atoms with Gasteiger partial charge >= 0.3 is 17.9 Å². The Morgan fingerprint density at radius 2 is 0.465 bits per heavy atom. The molecular formula is C65H120O6. The predicted octanol–water partition coefficient (Wildman–Crippen LogP) is 21.2. The maximum atomic E-state index is 12.9. The van der Waals surface area contributed by atoms with Gasteiger partial charge in [0.05, 0.1) is 0 Å². The molecule has 0 aromatic carbocycles. The minimum Gasteiger partial charge on any atom is -0.462 e. The SMILES string of the molecule is CCCCCCC/C=C\CCCCCCCC(=O)OCC(COC(=O)CCCCCCCCCCC/C=C\CCCCCCCCCC)OC(=O)CCCCCCCCC/C=C\CCCCCCCCC. The average Bonchev–Trinajstić information content (AvgIpc) is 3.37. The van der Waals surface area contributed by atoms with Crippen molar-refractivity contribution in [3.05, 3.63) is 36.5 Å². The van der Waals surface area contributed by atoms with Gasteiger partial charge in [0.2, 0.25) is 0 Å². The highest BCUT2D eigenvalue weighted by atomic mass is 16.6. The molecule has 71 heavy (non-hydrogen) atoms. The fourth-order valence-electron chi connectivity index (χ4n) is 9.31. The predicted molar refractivity (Wildman–Crippen MR) is 307 cm³/mol. The van der Waals surface area contributed by atoms with Crippen LogP contribution in [0.2, 0.25) is 0 Å². The van der Waals surface area contributed by atoms with Gasteiger partial charge < -0.3 is 14.2 Å². The van der Waals surface area contributed by atoms with E-state index in [2.05, 4.69) is 57.2 Å². The van der Waals surface area contributed by atoms with Crippen molar-refractivity contribution in [1.82, 2.24) is 0 Å². The Bertz CT molecular complexity index is 1190. The lowest BCUT2D eigenvalue weighted by molar-refractivity contribution is -0.167. The first-order chi connectivity index (χ1) is 35.0. The molecule has 0 aliphatic carbocycles. The summed E-state index contributed by atoms with van der Waals surface area (Å²) in [4.78, 5) is 38.3. The molecular weight excluding hydrogens is 877 g/mol. The number of carbonyl (C=O) groups is 3. The van der Waals surface area contributed by atoms with E-state index in [1.807, 2.05) is 0 Å². The topological polar surface area (TPSA) is 78.9 Å². The van der Waals surface area contributed by atoms with Crippen LogP contribution < -0.4 is 0 Å². The van der Waals surface area contributed by atoms with Crippen LogP contribution in [0.25, 0.3) is 0 Å². The Morgan fingerprint density at radius 3 is 0.704 bits per heavy atom. The lowest BCUT2D eigenvalue weighted by atomic mass is 10.1. The fraction of sp³-hybridized carbons (Fsp3) is 0.862. The average molecular weight is 998 g/mol. The summed E-state index contributed by atoms with van der Waals surface area (Å²) in [6, 6.07) is 0. The van der Waals surface area contributed by atoms with Crippen LogP contribution >= 0.6 is 0 Å². The van der Waals surface area contributed by atoms with Crippen LogP contribution in [0.1, 0.15) is 342 Å². The summed E-state index contributed by atoms with van der Waals surface area (Å²) in [7, 11) is 0. The van der Waals surface area contributed by atoms with Gasteiger partial charge in [-0.3, -0.25) is 14.4 Å². The highest BCUT2D eigenvalue weighted by Gasteiger charge is 2.19. The Kier molecular flexibility index (Phi) is 58.2. The van der Waals surface area contributed by atoms with E-state index in [9.17, 15) is 14.4 Å². The van der Waals surface area contributed by atoms with Crippen LogP contribution in [-0.4, -0.2) is 37.2 Å². The lowest BCUT2D eigenvalue weighted by Gasteiger charge is -2.18. The molecule has 0 heterocycles. The van der Waals surface area contributed by atoms with Crippen molar-refractivity contribution >= 4 is 17.9 Å². The molecule has 0 amide bonds. The molecule has 6 heteroatoms. The summed E-state index contributed by atoms with van der Waals surface area (Å²) in [5, 5.41) is 0. The van der Waals surface area contributed by atoms with E-state index in [1.165, 1.54) is 238 Å². The Morgan fingerprint density at radius 1 is 0.268 bits per heavy atom. The van der Waals surface area contributed by atoms with E-state index < -0.39 is 6.10 Å². The summed E-state index contributed by atoms with van der Waals surface area (Å²) in [6.45, 7) is 6.67. The van der Waals surface area contributed by atoms with Crippen LogP contribution in [0.3, 0.4) is 0 Å². The third-order valence-electron chi connectivity index (χ3n) is 14.1. The third kappa shape index (κ3) is 58.4. The fourth-order valence-corrected chi connectivity index (χ4v) is 9.31. The molecule has 0 saturated heterocycles. The number of unbranched alkanes of at least 4 members (excludes halogenated alkanes) is 41. The number of hydrogen-bond acceptors (Lipinski definition) is 6. The quantitative estimate of drug-likeness (QED) is 0.0261. The molecule has 0 aliphatic heterocycles. The molecule has 0 saturated carbocycles. The summed E-state index contributed by atoms with van der Waals surface area (Å²) in [6.07, 6.45) is 72.9. The number of allylic oxidation sites excluding steroid dienone is 6. The highest BCUT2D eigenvalue weighted by molar-refractivity contribution is 5.71. The summed E-state index contributed by atoms with van der Waals surface area (Å²) < 4.78 is 16.9. The van der Waals surface area contributed by atoms with E-state index >= 15 is 0 Å². The van der Waals surface area contributed by atoms with Gasteiger partial charge in [0.15, 0.2) is 6.10 Å². The second-order valence-corrected chi connectivity index (χ2v) is 21.3. The van der Waals surface area contributed by atoms with E-state index in [1.54, 1.807) is 0 Å². The summed E-state index contributed by atoms with van der Waals surface area (Å²) in [5.41, 5.74) is 0. The molecule has 1 atom stereocenters. The first kappa shape index (κ1) is 68.6. The molecule has 0 aromatic rings. The maximum absolute atomic E-state index is 12.9. The second-order valence-electron chi connectivity index (χ2n) is 21.3. The molecule has 6 nitrogen and oxygen atoms in total. The van der Waals surface area contributed by atoms with Gasteiger partial charge in [0, 0.05) is 19.3 Å². The Hall–Kier alpha value is -2.37. The Balaban J connectivity index is 4.33. The zero-order valence-corrected chi connectivity index (χ0v) is 47.8. The third-order valence-corrected chi connectivity index (χ3v) is 14.1. The molecule has 0 fully saturated rings. The van der Waals surface area contributed by atoms with Gasteiger partial charge in [0.25, 0.3) is 0 Å². The normalized spacial score (nSPS) is 12.2. The smallest absolute Gasteiger partial charge is 0.306 e. The van der Waals surface area contributed by atoms with E-state index in [4.69, 9.17) is 14.2 Å². The van der Waals surface area contributed by atoms with Crippen molar-refractivity contribution in [1.29, 1.82) is 0 Å². The molecule has 0 aliphatic rings. The molecule has 416 valence electrons. The molecule has 0 N–H and O–H groups in total. The van der Waals surface area contributed by atoms with Crippen molar-refractivity contribution in [2.45, 2.75) is 348 Å². The molecule has 0 aromatic heterocycles. The van der Waals surface area contributed by atoms with Crippen LogP contribution in [0.4, 0.5) is 0 Å². The van der Waals surface area contributed by atoms with Gasteiger partial charge in [-0.25, -0.2) is 0 Å². The highest BCUT2D eigenvalue weighted by Crippen LogP contribution is 2.16. The first-order valence-corrected chi connectivity index (χ1v) is 31.5. The number of ether oxygens (including phenoxy) is 3. The van der Waals surface area contributed by atoms with Gasteiger partial charge in [-0.15, -0.1) is 0 Å². The molecule has 0 spiro atoms. The van der Waals surface area contributed by atoms with E-state index in [-0.39, 0.29) is 31.1 Å². The van der Waals surface area contributed by atoms with Gasteiger partial charge in [-0.05, 0) is 96.3 Å². The number of esters is 3. The standard InChI is InChI=1S/C65H120O6/c1-4-7-10-13-16-19-22-25-28-30-32-33-34-36-37-40-43-46-49-52-55-58-64(67)70-61-62(60-69-63(66)57-54-51-48-45-42-39-27-24-21-18-15-12-9-6-3)71-65(68)59-56-53-50-47-44-41-38-35-31-29-26-23-20-17-14-11-8-5-2/h24,27,29-32,62H,4-23,25-26,28,33-61H2,1-3H3/b27-24-,31-29-,32-30-. The maximum Gasteiger partial charge on any atom is 0.306 e. The summed E-state index contributed by atoms with van der Waals surface area (Å²) >= 11 is 0. The lowest BCUT2D eigenvalue weighted by Crippen LogP contribution is -2.30. The van der Waals surface area contributed by atoms with E-state index in [0.717, 1.165) is 64.2 Å². The van der Waals surface area contributed by atoms with Crippen LogP contribution in [0, 0.1) is 0 Å². The number of hydrogen-bond donors (Lipinski definition) is 0. The zero-order chi connectivity index (χ0) is 51.4. The minimum absolute atomic E-state index is 0.0749. The zero-order valence-electron chi connectivity index (χ0n) is 47.8. The van der Waals surface area contributed by atoms with Crippen LogP contribution in [0.5, 0.6) is 0 Å². The molecule has 0 bridgehead atoms. The van der Waals surface area contributed by atoms with Crippen molar-refractivity contribution in [2.24, 2.45) is 0 Å². The molecule has 0 rings (SSSR count). The monoisotopic (exact) mass is 997 g/mol. The minimum atomic E-state index is -0.778. The molecule has 1 unspecified atom stereocenters. The van der Waals surface area contributed by atoms with Crippen molar-refractivity contribution in [3.8, 4) is 0 Å². The number of rotatable bonds is 58. The van der Waals surface area contributed by atoms with Crippen LogP contribution in [0.15, 0.2) is 36.5 Å². The largest absolute Gasteiger partial charge is 0.462 e. The first-order valence-electron chi connectivity index (χ1n) is 31.5. The van der Waals surface area contributed by atoms with Crippen molar-refractivity contribution in [3.63, 3.8) is 0 Å². The molecule has 0 radical (unpaired) electrons. The second kappa shape index (κ2) is 60.2. The number of carbonyl (C=O) groups excluding carboxylic acids is 3. The van der Waals surface area contributed by atoms with E-state index in [0.29, 0.717) is 19.3 Å².